The number of anilines is 1. The van der Waals surface area contributed by atoms with Crippen LogP contribution in [0.25, 0.3) is 10.2 Å². The Hall–Kier alpha value is -1.66. The maximum absolute atomic E-state index is 5.51. The molecule has 104 valence electrons. The summed E-state index contributed by atoms with van der Waals surface area (Å²) in [4.78, 5) is 10.1. The fourth-order valence-corrected chi connectivity index (χ4v) is 3.49. The summed E-state index contributed by atoms with van der Waals surface area (Å²) in [6.07, 6.45) is 1.90. The van der Waals surface area contributed by atoms with Crippen LogP contribution in [0.15, 0.2) is 24.4 Å². The van der Waals surface area contributed by atoms with E-state index in [0.29, 0.717) is 6.61 Å². The Morgan fingerprint density at radius 3 is 2.95 bits per heavy atom. The number of nitrogens with zero attached hydrogens (tertiary/aromatic N) is 2. The first kappa shape index (κ1) is 13.3. The molecule has 0 spiro atoms. The zero-order valence-electron chi connectivity index (χ0n) is 11.3. The Morgan fingerprint density at radius 2 is 2.20 bits per heavy atom. The van der Waals surface area contributed by atoms with Crippen LogP contribution in [0.2, 0.25) is 0 Å². The van der Waals surface area contributed by atoms with Gasteiger partial charge in [-0.1, -0.05) is 11.3 Å². The SMILES string of the molecule is CCOc1ccc2nc(NCc3ncc(C)s3)sc2c1. The van der Waals surface area contributed by atoms with Gasteiger partial charge in [0.2, 0.25) is 0 Å². The van der Waals surface area contributed by atoms with Gasteiger partial charge in [0.15, 0.2) is 5.13 Å². The van der Waals surface area contributed by atoms with Crippen molar-refractivity contribution in [2.24, 2.45) is 0 Å². The smallest absolute Gasteiger partial charge is 0.184 e. The van der Waals surface area contributed by atoms with Crippen LogP contribution in [0.4, 0.5) is 5.13 Å². The maximum Gasteiger partial charge on any atom is 0.184 e. The molecule has 0 radical (unpaired) electrons. The minimum Gasteiger partial charge on any atom is -0.494 e. The Labute approximate surface area is 125 Å². The number of fused-ring (bicyclic) bond motifs is 1. The predicted molar refractivity (Wildman–Crippen MR) is 85.0 cm³/mol. The predicted octanol–water partition coefficient (Wildman–Crippen LogP) is 4.07. The average molecular weight is 305 g/mol. The average Bonchev–Trinajstić information content (AvgIpc) is 3.02. The lowest BCUT2D eigenvalue weighted by Gasteiger charge is -2.00. The molecule has 0 aliphatic carbocycles. The highest BCUT2D eigenvalue weighted by Crippen LogP contribution is 2.29. The van der Waals surface area contributed by atoms with Crippen LogP contribution in [0.1, 0.15) is 16.8 Å². The monoisotopic (exact) mass is 305 g/mol. The van der Waals surface area contributed by atoms with E-state index in [4.69, 9.17) is 4.74 Å². The first-order valence-corrected chi connectivity index (χ1v) is 8.06. The molecule has 0 saturated carbocycles. The zero-order valence-corrected chi connectivity index (χ0v) is 13.0. The van der Waals surface area contributed by atoms with E-state index in [9.17, 15) is 0 Å². The van der Waals surface area contributed by atoms with Gasteiger partial charge in [-0.2, -0.15) is 0 Å². The van der Waals surface area contributed by atoms with Crippen molar-refractivity contribution >= 4 is 38.0 Å². The highest BCUT2D eigenvalue weighted by atomic mass is 32.1. The third kappa shape index (κ3) is 2.91. The number of nitrogens with one attached hydrogen (secondary N) is 1. The van der Waals surface area contributed by atoms with Gasteiger partial charge in [-0.05, 0) is 32.0 Å². The summed E-state index contributed by atoms with van der Waals surface area (Å²) in [6.45, 7) is 5.45. The molecule has 0 atom stereocenters. The molecule has 3 rings (SSSR count). The fourth-order valence-electron chi connectivity index (χ4n) is 1.87. The maximum atomic E-state index is 5.51. The molecule has 0 amide bonds. The van der Waals surface area contributed by atoms with Gasteiger partial charge in [-0.15, -0.1) is 11.3 Å². The van der Waals surface area contributed by atoms with Crippen molar-refractivity contribution in [3.05, 3.63) is 34.3 Å². The van der Waals surface area contributed by atoms with Crippen molar-refractivity contribution < 1.29 is 4.74 Å². The van der Waals surface area contributed by atoms with Crippen LogP contribution >= 0.6 is 22.7 Å². The second-order valence-corrected chi connectivity index (χ2v) is 6.65. The Balaban J connectivity index is 1.75. The molecule has 0 aliphatic heterocycles. The highest BCUT2D eigenvalue weighted by Gasteiger charge is 2.06. The van der Waals surface area contributed by atoms with E-state index in [2.05, 4.69) is 22.2 Å². The van der Waals surface area contributed by atoms with Gasteiger partial charge in [-0.3, -0.25) is 0 Å². The molecular weight excluding hydrogens is 290 g/mol. The van der Waals surface area contributed by atoms with Crippen LogP contribution < -0.4 is 10.1 Å². The molecule has 6 heteroatoms. The van der Waals surface area contributed by atoms with Gasteiger partial charge in [0, 0.05) is 11.1 Å². The minimum atomic E-state index is 0.679. The van der Waals surface area contributed by atoms with Crippen molar-refractivity contribution in [2.75, 3.05) is 11.9 Å². The van der Waals surface area contributed by atoms with E-state index in [1.165, 1.54) is 4.88 Å². The lowest BCUT2D eigenvalue weighted by Crippen LogP contribution is -1.97. The highest BCUT2D eigenvalue weighted by molar-refractivity contribution is 7.22. The summed E-state index contributed by atoms with van der Waals surface area (Å²) in [7, 11) is 0. The number of thiazole rings is 2. The number of rotatable bonds is 5. The lowest BCUT2D eigenvalue weighted by molar-refractivity contribution is 0.341. The molecule has 20 heavy (non-hydrogen) atoms. The Kier molecular flexibility index (Phi) is 3.84. The van der Waals surface area contributed by atoms with E-state index in [-0.39, 0.29) is 0 Å². The molecule has 2 heterocycles. The van der Waals surface area contributed by atoms with Crippen LogP contribution in [-0.2, 0) is 6.54 Å². The largest absolute Gasteiger partial charge is 0.494 e. The molecular formula is C14H15N3OS2. The minimum absolute atomic E-state index is 0.679. The second-order valence-electron chi connectivity index (χ2n) is 4.30. The lowest BCUT2D eigenvalue weighted by atomic mass is 10.3. The first-order chi connectivity index (χ1) is 9.74. The molecule has 4 nitrogen and oxygen atoms in total. The Morgan fingerprint density at radius 1 is 1.30 bits per heavy atom. The van der Waals surface area contributed by atoms with E-state index in [0.717, 1.165) is 32.7 Å². The second kappa shape index (κ2) is 5.76. The normalized spacial score (nSPS) is 10.9. The molecule has 3 aromatic rings. The Bertz CT molecular complexity index is 720. The van der Waals surface area contributed by atoms with Crippen molar-refractivity contribution in [3.63, 3.8) is 0 Å². The molecule has 0 saturated heterocycles. The zero-order chi connectivity index (χ0) is 13.9. The summed E-state index contributed by atoms with van der Waals surface area (Å²) in [6, 6.07) is 5.99. The van der Waals surface area contributed by atoms with Crippen molar-refractivity contribution in [1.29, 1.82) is 0 Å². The summed E-state index contributed by atoms with van der Waals surface area (Å²) in [5.74, 6) is 0.894. The molecule has 1 N–H and O–H groups in total. The van der Waals surface area contributed by atoms with Crippen LogP contribution in [0, 0.1) is 6.92 Å². The van der Waals surface area contributed by atoms with E-state index >= 15 is 0 Å². The molecule has 0 bridgehead atoms. The van der Waals surface area contributed by atoms with Crippen LogP contribution in [0.3, 0.4) is 0 Å². The van der Waals surface area contributed by atoms with E-state index in [1.807, 2.05) is 31.3 Å². The van der Waals surface area contributed by atoms with Gasteiger partial charge in [0.25, 0.3) is 0 Å². The van der Waals surface area contributed by atoms with Gasteiger partial charge in [0.05, 0.1) is 23.4 Å². The van der Waals surface area contributed by atoms with E-state index in [1.54, 1.807) is 22.7 Å². The molecule has 0 unspecified atom stereocenters. The number of aromatic nitrogens is 2. The third-order valence-electron chi connectivity index (χ3n) is 2.73. The fraction of sp³-hybridized carbons (Fsp3) is 0.286. The summed E-state index contributed by atoms with van der Waals surface area (Å²) >= 11 is 3.34. The van der Waals surface area contributed by atoms with E-state index < -0.39 is 0 Å². The van der Waals surface area contributed by atoms with Crippen LogP contribution in [-0.4, -0.2) is 16.6 Å². The topological polar surface area (TPSA) is 47.0 Å². The third-order valence-corrected chi connectivity index (χ3v) is 4.62. The molecule has 1 aromatic carbocycles. The summed E-state index contributed by atoms with van der Waals surface area (Å²) in [5.41, 5.74) is 0.997. The quantitative estimate of drug-likeness (QED) is 0.772. The van der Waals surface area contributed by atoms with Gasteiger partial charge < -0.3 is 10.1 Å². The number of benzene rings is 1. The van der Waals surface area contributed by atoms with Gasteiger partial charge in [0.1, 0.15) is 10.8 Å². The number of hydrogen-bond donors (Lipinski definition) is 1. The van der Waals surface area contributed by atoms with Crippen molar-refractivity contribution in [1.82, 2.24) is 9.97 Å². The molecule has 0 fully saturated rings. The number of hydrogen-bond acceptors (Lipinski definition) is 6. The van der Waals surface area contributed by atoms with Crippen LogP contribution in [0.5, 0.6) is 5.75 Å². The number of aryl methyl sites for hydroxylation is 1. The standard InChI is InChI=1S/C14H15N3OS2/c1-3-18-10-4-5-11-12(6-10)20-14(17-11)16-8-13-15-7-9(2)19-13/h4-7H,3,8H2,1-2H3,(H,16,17). The summed E-state index contributed by atoms with van der Waals surface area (Å²) in [5, 5.41) is 5.33. The van der Waals surface area contributed by atoms with Gasteiger partial charge >= 0.3 is 0 Å². The summed E-state index contributed by atoms with van der Waals surface area (Å²) < 4.78 is 6.64. The van der Waals surface area contributed by atoms with Crippen molar-refractivity contribution in [2.45, 2.75) is 20.4 Å². The molecule has 0 aliphatic rings. The van der Waals surface area contributed by atoms with Gasteiger partial charge in [-0.25, -0.2) is 9.97 Å². The van der Waals surface area contributed by atoms with Crippen molar-refractivity contribution in [3.8, 4) is 5.75 Å². The molecule has 2 aromatic heterocycles. The number of ether oxygens (including phenoxy) is 1. The first-order valence-electron chi connectivity index (χ1n) is 6.43.